The Balaban J connectivity index is 4.66. The summed E-state index contributed by atoms with van der Waals surface area (Å²) < 4.78 is 16.6. The van der Waals surface area contributed by atoms with E-state index in [-0.39, 0.29) is 38.0 Å². The van der Waals surface area contributed by atoms with Crippen molar-refractivity contribution in [1.82, 2.24) is 0 Å². The minimum Gasteiger partial charge on any atom is -0.462 e. The summed E-state index contributed by atoms with van der Waals surface area (Å²) in [5, 5.41) is 0. The van der Waals surface area contributed by atoms with Crippen molar-refractivity contribution < 1.29 is 28.6 Å². The molecular weight excluding hydrogens is 733 g/mol. The van der Waals surface area contributed by atoms with E-state index in [2.05, 4.69) is 57.2 Å². The van der Waals surface area contributed by atoms with Crippen LogP contribution in [0.5, 0.6) is 0 Å². The van der Waals surface area contributed by atoms with Gasteiger partial charge in [-0.25, -0.2) is 0 Å². The first-order valence-electron chi connectivity index (χ1n) is 22.2. The molecule has 324 valence electrons. The number of carbonyl (C=O) groups excluding carboxylic acids is 3. The molecule has 0 amide bonds. The van der Waals surface area contributed by atoms with Gasteiger partial charge in [-0.1, -0.05) is 204 Å². The predicted octanol–water partition coefficient (Wildman–Crippen LogP) is 14.3. The lowest BCUT2D eigenvalue weighted by Gasteiger charge is -2.18. The fourth-order valence-electron chi connectivity index (χ4n) is 5.08. The van der Waals surface area contributed by atoms with Crippen molar-refractivity contribution in [3.05, 3.63) is 158 Å². The molecule has 6 nitrogen and oxygen atoms in total. The minimum atomic E-state index is -0.848. The van der Waals surface area contributed by atoms with Crippen LogP contribution in [0.1, 0.15) is 136 Å². The maximum absolute atomic E-state index is 12.7. The summed E-state index contributed by atoms with van der Waals surface area (Å²) in [6, 6.07) is 0. The van der Waals surface area contributed by atoms with Gasteiger partial charge in [0.05, 0.1) is 0 Å². The maximum Gasteiger partial charge on any atom is 0.306 e. The highest BCUT2D eigenvalue weighted by molar-refractivity contribution is 5.71. The van der Waals surface area contributed by atoms with Crippen molar-refractivity contribution in [3.63, 3.8) is 0 Å². The van der Waals surface area contributed by atoms with E-state index in [0.717, 1.165) is 77.0 Å². The Morgan fingerprint density at radius 2 is 0.627 bits per heavy atom. The van der Waals surface area contributed by atoms with E-state index in [1.807, 2.05) is 122 Å². The summed E-state index contributed by atoms with van der Waals surface area (Å²) in [6.45, 7) is 6.04. The van der Waals surface area contributed by atoms with Crippen LogP contribution < -0.4 is 0 Å². The molecule has 0 spiro atoms. The monoisotopic (exact) mass is 809 g/mol. The molecule has 0 bridgehead atoms. The van der Waals surface area contributed by atoms with Gasteiger partial charge in [0.2, 0.25) is 0 Å². The third kappa shape index (κ3) is 44.0. The van der Waals surface area contributed by atoms with E-state index >= 15 is 0 Å². The van der Waals surface area contributed by atoms with E-state index in [1.165, 1.54) is 0 Å². The molecule has 0 aliphatic heterocycles. The first-order valence-corrected chi connectivity index (χ1v) is 22.2. The topological polar surface area (TPSA) is 78.9 Å². The van der Waals surface area contributed by atoms with Crippen LogP contribution in [0, 0.1) is 0 Å². The number of hydrogen-bond donors (Lipinski definition) is 0. The van der Waals surface area contributed by atoms with E-state index in [0.29, 0.717) is 25.7 Å². The fourth-order valence-corrected chi connectivity index (χ4v) is 5.08. The molecule has 0 fully saturated rings. The molecule has 0 radical (unpaired) electrons. The molecule has 0 saturated carbocycles. The molecule has 0 aliphatic rings. The van der Waals surface area contributed by atoms with Gasteiger partial charge in [0.1, 0.15) is 13.2 Å². The second-order valence-corrected chi connectivity index (χ2v) is 13.8. The summed E-state index contributed by atoms with van der Waals surface area (Å²) >= 11 is 0. The molecule has 6 heteroatoms. The molecule has 59 heavy (non-hydrogen) atoms. The van der Waals surface area contributed by atoms with Crippen LogP contribution in [0.4, 0.5) is 0 Å². The molecule has 1 atom stereocenters. The number of allylic oxidation sites excluding steroid dienone is 26. The van der Waals surface area contributed by atoms with Crippen LogP contribution >= 0.6 is 0 Å². The molecule has 0 aromatic carbocycles. The van der Waals surface area contributed by atoms with E-state index < -0.39 is 12.1 Å². The van der Waals surface area contributed by atoms with Crippen LogP contribution in [0.3, 0.4) is 0 Å². The van der Waals surface area contributed by atoms with Gasteiger partial charge in [0.25, 0.3) is 0 Å². The zero-order chi connectivity index (χ0) is 43.0. The van der Waals surface area contributed by atoms with Gasteiger partial charge in [0.15, 0.2) is 6.10 Å². The SMILES string of the molecule is CC/C=C/C=C/C=C/C=C/C=C/CCCC(=O)OC(COC(=O)CCCCC/C=C/C=C/C=C/C=C/CC)COC(=O)CCCCCCC/C=C/C=C/C=C/C=C/CC. The van der Waals surface area contributed by atoms with Crippen molar-refractivity contribution in [1.29, 1.82) is 0 Å². The van der Waals surface area contributed by atoms with Crippen molar-refractivity contribution in [2.75, 3.05) is 13.2 Å². The smallest absolute Gasteiger partial charge is 0.306 e. The van der Waals surface area contributed by atoms with Crippen molar-refractivity contribution in [2.45, 2.75) is 142 Å². The Labute approximate surface area is 359 Å². The summed E-state index contributed by atoms with van der Waals surface area (Å²) in [7, 11) is 0. The van der Waals surface area contributed by atoms with E-state index in [9.17, 15) is 14.4 Å². The van der Waals surface area contributed by atoms with Crippen LogP contribution in [0.25, 0.3) is 0 Å². The first kappa shape index (κ1) is 54.0. The highest BCUT2D eigenvalue weighted by Gasteiger charge is 2.19. The summed E-state index contributed by atoms with van der Waals surface area (Å²) in [5.41, 5.74) is 0. The first-order chi connectivity index (χ1) is 29.0. The van der Waals surface area contributed by atoms with Crippen molar-refractivity contribution in [2.24, 2.45) is 0 Å². The fraction of sp³-hybridized carbons (Fsp3) is 0.453. The Kier molecular flexibility index (Phi) is 41.9. The molecule has 0 aromatic rings. The standard InChI is InChI=1S/C53H76O6/c1-4-7-10-13-16-19-22-25-26-29-31-34-37-40-43-46-52(55)58-49-50(59-53(56)47-44-41-38-35-32-28-24-21-18-15-12-9-6-3)48-57-51(54)45-42-39-36-33-30-27-23-20-17-14-11-8-5-2/h7-28,30,32,35,38,50H,4-6,29,31,33-34,36-37,39-49H2,1-3H3/b10-7+,11-8+,12-9+,16-13+,17-14+,18-15+,22-19+,23-20+,24-21+,26-25+,30-27+,32-28+,38-35+. The third-order valence-corrected chi connectivity index (χ3v) is 8.33. The molecule has 0 saturated heterocycles. The Hall–Kier alpha value is -4.97. The molecule has 0 aromatic heterocycles. The zero-order valence-electron chi connectivity index (χ0n) is 36.7. The molecule has 0 rings (SSSR count). The van der Waals surface area contributed by atoms with Crippen molar-refractivity contribution in [3.8, 4) is 0 Å². The van der Waals surface area contributed by atoms with Gasteiger partial charge in [0, 0.05) is 19.3 Å². The second kappa shape index (κ2) is 45.7. The Morgan fingerprint density at radius 3 is 1.02 bits per heavy atom. The van der Waals surface area contributed by atoms with Crippen molar-refractivity contribution >= 4 is 17.9 Å². The van der Waals surface area contributed by atoms with Crippen LogP contribution in [-0.2, 0) is 28.6 Å². The number of carbonyl (C=O) groups is 3. The Morgan fingerprint density at radius 1 is 0.339 bits per heavy atom. The number of ether oxygens (including phenoxy) is 3. The molecule has 0 heterocycles. The molecule has 0 aliphatic carbocycles. The minimum absolute atomic E-state index is 0.141. The van der Waals surface area contributed by atoms with Crippen LogP contribution in [-0.4, -0.2) is 37.2 Å². The number of hydrogen-bond acceptors (Lipinski definition) is 6. The highest BCUT2D eigenvalue weighted by atomic mass is 16.6. The lowest BCUT2D eigenvalue weighted by Crippen LogP contribution is -2.30. The second-order valence-electron chi connectivity index (χ2n) is 13.8. The van der Waals surface area contributed by atoms with Crippen LogP contribution in [0.15, 0.2) is 158 Å². The molecular formula is C53H76O6. The van der Waals surface area contributed by atoms with Crippen LogP contribution in [0.2, 0.25) is 0 Å². The normalized spacial score (nSPS) is 13.6. The van der Waals surface area contributed by atoms with E-state index in [4.69, 9.17) is 14.2 Å². The number of unbranched alkanes of at least 4 members (excludes halogenated alkanes) is 9. The maximum atomic E-state index is 12.7. The average Bonchev–Trinajstić information content (AvgIpc) is 3.23. The van der Waals surface area contributed by atoms with Gasteiger partial charge >= 0.3 is 17.9 Å². The van der Waals surface area contributed by atoms with E-state index in [1.54, 1.807) is 0 Å². The van der Waals surface area contributed by atoms with Gasteiger partial charge in [-0.2, -0.15) is 0 Å². The lowest BCUT2D eigenvalue weighted by molar-refractivity contribution is -0.167. The van der Waals surface area contributed by atoms with Gasteiger partial charge < -0.3 is 14.2 Å². The molecule has 1 unspecified atom stereocenters. The molecule has 0 N–H and O–H groups in total. The zero-order valence-corrected chi connectivity index (χ0v) is 36.7. The van der Waals surface area contributed by atoms with Gasteiger partial charge in [-0.15, -0.1) is 0 Å². The third-order valence-electron chi connectivity index (χ3n) is 8.33. The summed E-state index contributed by atoms with van der Waals surface area (Å²) in [5.74, 6) is -1.10. The quantitative estimate of drug-likeness (QED) is 0.0271. The largest absolute Gasteiger partial charge is 0.462 e. The highest BCUT2D eigenvalue weighted by Crippen LogP contribution is 2.11. The Bertz CT molecular complexity index is 1440. The average molecular weight is 809 g/mol. The lowest BCUT2D eigenvalue weighted by atomic mass is 10.1. The summed E-state index contributed by atoms with van der Waals surface area (Å²) in [4.78, 5) is 37.7. The number of esters is 3. The van der Waals surface area contributed by atoms with Gasteiger partial charge in [-0.05, 0) is 70.6 Å². The summed E-state index contributed by atoms with van der Waals surface area (Å²) in [6.07, 6.45) is 66.6. The van der Waals surface area contributed by atoms with Gasteiger partial charge in [-0.3, -0.25) is 14.4 Å². The number of rotatable bonds is 36. The predicted molar refractivity (Wildman–Crippen MR) is 251 cm³/mol.